The van der Waals surface area contributed by atoms with E-state index in [0.717, 1.165) is 19.4 Å². The van der Waals surface area contributed by atoms with Gasteiger partial charge in [0.05, 0.1) is 11.6 Å². The highest BCUT2D eigenvalue weighted by Crippen LogP contribution is 2.23. The van der Waals surface area contributed by atoms with E-state index in [0.29, 0.717) is 6.54 Å². The Kier molecular flexibility index (Phi) is 9.58. The van der Waals surface area contributed by atoms with Gasteiger partial charge in [-0.25, -0.2) is 0 Å². The molecule has 1 aliphatic heterocycles. The maximum absolute atomic E-state index is 12.4. The van der Waals surface area contributed by atoms with Crippen molar-refractivity contribution in [3.05, 3.63) is 22.4 Å². The number of likely N-dealkylation sites (N-methyl/N-ethyl adjacent to an activating group) is 1. The van der Waals surface area contributed by atoms with E-state index < -0.39 is 5.54 Å². The highest BCUT2D eigenvalue weighted by atomic mass is 35.5. The second-order valence-corrected chi connectivity index (χ2v) is 6.90. The smallest absolute Gasteiger partial charge is 0.240 e. The van der Waals surface area contributed by atoms with Crippen LogP contribution in [0.25, 0.3) is 0 Å². The van der Waals surface area contributed by atoms with Crippen molar-refractivity contribution in [2.75, 3.05) is 27.2 Å². The van der Waals surface area contributed by atoms with Crippen molar-refractivity contribution in [1.82, 2.24) is 15.5 Å². The zero-order valence-corrected chi connectivity index (χ0v) is 15.9. The Bertz CT molecular complexity index is 434. The van der Waals surface area contributed by atoms with Gasteiger partial charge in [-0.15, -0.1) is 36.2 Å². The fourth-order valence-corrected chi connectivity index (χ4v) is 3.58. The molecular formula is C15H27Cl2N3OS. The van der Waals surface area contributed by atoms with Crippen LogP contribution in [0.1, 0.15) is 37.1 Å². The van der Waals surface area contributed by atoms with Gasteiger partial charge in [0.15, 0.2) is 0 Å². The van der Waals surface area contributed by atoms with Gasteiger partial charge in [-0.2, -0.15) is 0 Å². The van der Waals surface area contributed by atoms with Crippen molar-refractivity contribution < 1.29 is 4.79 Å². The van der Waals surface area contributed by atoms with Crippen molar-refractivity contribution >= 4 is 42.1 Å². The molecule has 1 amide bonds. The molecule has 0 aliphatic carbocycles. The first kappa shape index (κ1) is 21.7. The molecule has 1 aromatic heterocycles. The molecule has 2 unspecified atom stereocenters. The Labute approximate surface area is 149 Å². The summed E-state index contributed by atoms with van der Waals surface area (Å²) in [5.74, 6) is 0.126. The quantitative estimate of drug-likeness (QED) is 0.840. The molecule has 0 saturated carbocycles. The molecule has 7 heteroatoms. The fraction of sp³-hybridized carbons (Fsp3) is 0.667. The molecule has 128 valence electrons. The van der Waals surface area contributed by atoms with Gasteiger partial charge in [-0.3, -0.25) is 4.79 Å². The largest absolute Gasteiger partial charge is 0.353 e. The lowest BCUT2D eigenvalue weighted by Crippen LogP contribution is -2.57. The Balaban J connectivity index is 0.00000220. The molecule has 2 rings (SSSR count). The van der Waals surface area contributed by atoms with E-state index in [1.54, 1.807) is 11.3 Å². The molecule has 0 radical (unpaired) electrons. The first-order valence-corrected chi connectivity index (χ1v) is 8.14. The van der Waals surface area contributed by atoms with Gasteiger partial charge in [-0.05, 0) is 58.3 Å². The van der Waals surface area contributed by atoms with E-state index in [2.05, 4.69) is 47.1 Å². The number of carbonyl (C=O) groups is 1. The fourth-order valence-electron chi connectivity index (χ4n) is 2.65. The molecule has 1 fully saturated rings. The highest BCUT2D eigenvalue weighted by molar-refractivity contribution is 7.10. The number of rotatable bonds is 5. The summed E-state index contributed by atoms with van der Waals surface area (Å²) in [6.45, 7) is 3.60. The number of hydrogen-bond donors (Lipinski definition) is 2. The Morgan fingerprint density at radius 1 is 1.45 bits per heavy atom. The number of halogens is 2. The summed E-state index contributed by atoms with van der Waals surface area (Å²) in [7, 11) is 4.11. The summed E-state index contributed by atoms with van der Waals surface area (Å²) in [6, 6.07) is 4.43. The lowest BCUT2D eigenvalue weighted by Gasteiger charge is -2.34. The molecule has 1 aliphatic rings. The van der Waals surface area contributed by atoms with Crippen LogP contribution in [0.2, 0.25) is 0 Å². The van der Waals surface area contributed by atoms with Gasteiger partial charge in [0.1, 0.15) is 0 Å². The van der Waals surface area contributed by atoms with Gasteiger partial charge >= 0.3 is 0 Å². The van der Waals surface area contributed by atoms with Gasteiger partial charge in [-0.1, -0.05) is 6.07 Å². The first-order chi connectivity index (χ1) is 9.53. The van der Waals surface area contributed by atoms with Crippen LogP contribution in [-0.2, 0) is 4.79 Å². The van der Waals surface area contributed by atoms with E-state index in [9.17, 15) is 4.79 Å². The lowest BCUT2D eigenvalue weighted by molar-refractivity contribution is -0.128. The molecular weight excluding hydrogens is 341 g/mol. The number of thiophene rings is 1. The van der Waals surface area contributed by atoms with Crippen molar-refractivity contribution in [2.45, 2.75) is 37.8 Å². The van der Waals surface area contributed by atoms with Gasteiger partial charge < -0.3 is 15.5 Å². The average Bonchev–Trinajstić information content (AvgIpc) is 2.93. The monoisotopic (exact) mass is 367 g/mol. The summed E-state index contributed by atoms with van der Waals surface area (Å²) < 4.78 is 0. The van der Waals surface area contributed by atoms with Crippen LogP contribution < -0.4 is 10.6 Å². The molecule has 4 nitrogen and oxygen atoms in total. The summed E-state index contributed by atoms with van der Waals surface area (Å²) in [6.07, 6.45) is 3.21. The minimum absolute atomic E-state index is 0. The molecule has 2 N–H and O–H groups in total. The van der Waals surface area contributed by atoms with Gasteiger partial charge in [0, 0.05) is 11.4 Å². The van der Waals surface area contributed by atoms with Crippen molar-refractivity contribution in [1.29, 1.82) is 0 Å². The summed E-state index contributed by atoms with van der Waals surface area (Å²) in [5.41, 5.74) is -0.398. The number of piperidine rings is 1. The third-order valence-electron chi connectivity index (χ3n) is 4.07. The van der Waals surface area contributed by atoms with E-state index in [-0.39, 0.29) is 36.8 Å². The third-order valence-corrected chi connectivity index (χ3v) is 5.04. The number of amides is 1. The SMILES string of the molecule is CN(C)C(CNC(=O)C1(C)CCCCN1)c1cccs1.Cl.Cl. The van der Waals surface area contributed by atoms with Crippen LogP contribution in [-0.4, -0.2) is 43.5 Å². The molecule has 0 bridgehead atoms. The Morgan fingerprint density at radius 3 is 2.68 bits per heavy atom. The van der Waals surface area contributed by atoms with Crippen LogP contribution in [0.15, 0.2) is 17.5 Å². The number of nitrogens with zero attached hydrogens (tertiary/aromatic N) is 1. The van der Waals surface area contributed by atoms with E-state index in [1.165, 1.54) is 11.3 Å². The topological polar surface area (TPSA) is 44.4 Å². The number of carbonyl (C=O) groups excluding carboxylic acids is 1. The molecule has 0 aromatic carbocycles. The lowest BCUT2D eigenvalue weighted by atomic mass is 9.90. The maximum Gasteiger partial charge on any atom is 0.240 e. The van der Waals surface area contributed by atoms with Crippen LogP contribution in [0.5, 0.6) is 0 Å². The van der Waals surface area contributed by atoms with E-state index in [1.807, 2.05) is 6.92 Å². The molecule has 1 aromatic rings. The molecule has 22 heavy (non-hydrogen) atoms. The second kappa shape index (κ2) is 9.73. The van der Waals surface area contributed by atoms with Crippen LogP contribution >= 0.6 is 36.2 Å². The zero-order valence-electron chi connectivity index (χ0n) is 13.4. The minimum atomic E-state index is -0.398. The Morgan fingerprint density at radius 2 is 2.18 bits per heavy atom. The normalized spacial score (nSPS) is 22.4. The molecule has 2 heterocycles. The van der Waals surface area contributed by atoms with E-state index >= 15 is 0 Å². The standard InChI is InChI=1S/C15H25N3OS.2ClH/c1-15(8-4-5-9-17-15)14(19)16-11-12(18(2)3)13-7-6-10-20-13;;/h6-7,10,12,17H,4-5,8-9,11H2,1-3H3,(H,16,19);2*1H. The predicted molar refractivity (Wildman–Crippen MR) is 98.5 cm³/mol. The highest BCUT2D eigenvalue weighted by Gasteiger charge is 2.34. The zero-order chi connectivity index (χ0) is 14.6. The third kappa shape index (κ3) is 5.39. The van der Waals surface area contributed by atoms with Gasteiger partial charge in [0.25, 0.3) is 0 Å². The first-order valence-electron chi connectivity index (χ1n) is 7.26. The number of hydrogen-bond acceptors (Lipinski definition) is 4. The van der Waals surface area contributed by atoms with Crippen molar-refractivity contribution in [3.8, 4) is 0 Å². The van der Waals surface area contributed by atoms with E-state index in [4.69, 9.17) is 0 Å². The maximum atomic E-state index is 12.4. The van der Waals surface area contributed by atoms with Crippen molar-refractivity contribution in [3.63, 3.8) is 0 Å². The van der Waals surface area contributed by atoms with Crippen LogP contribution in [0.3, 0.4) is 0 Å². The molecule has 2 atom stereocenters. The number of nitrogens with one attached hydrogen (secondary N) is 2. The summed E-state index contributed by atoms with van der Waals surface area (Å²) >= 11 is 1.74. The van der Waals surface area contributed by atoms with Crippen LogP contribution in [0, 0.1) is 0 Å². The predicted octanol–water partition coefficient (Wildman–Crippen LogP) is 2.84. The van der Waals surface area contributed by atoms with Crippen LogP contribution in [0.4, 0.5) is 0 Å². The van der Waals surface area contributed by atoms with Crippen molar-refractivity contribution in [2.24, 2.45) is 0 Å². The summed E-state index contributed by atoms with van der Waals surface area (Å²) in [5, 5.41) is 8.57. The average molecular weight is 368 g/mol. The van der Waals surface area contributed by atoms with Gasteiger partial charge in [0.2, 0.25) is 5.91 Å². The minimum Gasteiger partial charge on any atom is -0.353 e. The Hall–Kier alpha value is -0.330. The summed E-state index contributed by atoms with van der Waals surface area (Å²) in [4.78, 5) is 15.9. The second-order valence-electron chi connectivity index (χ2n) is 5.92. The molecule has 1 saturated heterocycles. The molecule has 0 spiro atoms.